The molecule has 4 nitrogen and oxygen atoms in total. The number of nitro groups is 1. The molecule has 21 heavy (non-hydrogen) atoms. The van der Waals surface area contributed by atoms with Crippen LogP contribution in [0.5, 0.6) is 0 Å². The topological polar surface area (TPSA) is 55.2 Å². The highest BCUT2D eigenvalue weighted by Gasteiger charge is 2.08. The van der Waals surface area contributed by atoms with E-state index in [-0.39, 0.29) is 5.69 Å². The van der Waals surface area contributed by atoms with Gasteiger partial charge in [-0.05, 0) is 36.4 Å². The molecule has 0 spiro atoms. The second kappa shape index (κ2) is 7.45. The first-order valence-electron chi connectivity index (χ1n) is 6.51. The zero-order valence-corrected chi connectivity index (χ0v) is 13.1. The predicted octanol–water partition coefficient (Wildman–Crippen LogP) is 4.51. The smallest absolute Gasteiger partial charge is 0.269 e. The highest BCUT2D eigenvalue weighted by atomic mass is 35.5. The first kappa shape index (κ1) is 15.8. The van der Waals surface area contributed by atoms with Gasteiger partial charge in [-0.15, -0.1) is 0 Å². The molecule has 1 N–H and O–H groups in total. The van der Waals surface area contributed by atoms with E-state index in [4.69, 9.17) is 11.6 Å². The number of nitrogens with one attached hydrogen (secondary N) is 1. The lowest BCUT2D eigenvalue weighted by Gasteiger charge is -2.10. The van der Waals surface area contributed by atoms with E-state index in [1.807, 2.05) is 18.2 Å². The molecule has 0 saturated heterocycles. The summed E-state index contributed by atoms with van der Waals surface area (Å²) in [7, 11) is 0. The second-order valence-electron chi connectivity index (χ2n) is 4.39. The maximum absolute atomic E-state index is 10.7. The van der Waals surface area contributed by atoms with Crippen LogP contribution in [0.3, 0.4) is 0 Å². The number of nitro benzene ring substituents is 1. The van der Waals surface area contributed by atoms with Crippen LogP contribution in [0.1, 0.15) is 12.5 Å². The van der Waals surface area contributed by atoms with E-state index in [9.17, 15) is 10.1 Å². The SMILES string of the molecule is CCNCc1ccc(Cl)cc1Sc1ccc([N+](=O)[O-])cc1. The molecule has 0 aromatic heterocycles. The van der Waals surface area contributed by atoms with E-state index in [0.717, 1.165) is 28.4 Å². The summed E-state index contributed by atoms with van der Waals surface area (Å²) in [6.07, 6.45) is 0. The molecule has 2 rings (SSSR count). The summed E-state index contributed by atoms with van der Waals surface area (Å²) >= 11 is 7.61. The summed E-state index contributed by atoms with van der Waals surface area (Å²) in [5.41, 5.74) is 1.25. The van der Waals surface area contributed by atoms with E-state index in [1.54, 1.807) is 23.9 Å². The minimum absolute atomic E-state index is 0.0957. The van der Waals surface area contributed by atoms with Gasteiger partial charge in [0.2, 0.25) is 0 Å². The van der Waals surface area contributed by atoms with Gasteiger partial charge >= 0.3 is 0 Å². The van der Waals surface area contributed by atoms with Crippen LogP contribution < -0.4 is 5.32 Å². The maximum Gasteiger partial charge on any atom is 0.269 e. The van der Waals surface area contributed by atoms with Crippen LogP contribution in [-0.4, -0.2) is 11.5 Å². The van der Waals surface area contributed by atoms with Gasteiger partial charge < -0.3 is 5.32 Å². The Kier molecular flexibility index (Phi) is 5.61. The van der Waals surface area contributed by atoms with E-state index >= 15 is 0 Å². The van der Waals surface area contributed by atoms with Crippen LogP contribution in [-0.2, 0) is 6.54 Å². The average Bonchev–Trinajstić information content (AvgIpc) is 2.47. The fourth-order valence-corrected chi connectivity index (χ4v) is 3.01. The molecule has 2 aromatic carbocycles. The Hall–Kier alpha value is -1.56. The molecule has 6 heteroatoms. The van der Waals surface area contributed by atoms with Crippen LogP contribution in [0.4, 0.5) is 5.69 Å². The Morgan fingerprint density at radius 3 is 2.57 bits per heavy atom. The highest BCUT2D eigenvalue weighted by Crippen LogP contribution is 2.33. The van der Waals surface area contributed by atoms with Crippen LogP contribution in [0.25, 0.3) is 0 Å². The van der Waals surface area contributed by atoms with Gasteiger partial charge in [-0.2, -0.15) is 0 Å². The van der Waals surface area contributed by atoms with Crippen molar-refractivity contribution in [3.05, 3.63) is 63.2 Å². The van der Waals surface area contributed by atoms with Crippen LogP contribution in [0, 0.1) is 10.1 Å². The lowest BCUT2D eigenvalue weighted by atomic mass is 10.2. The fraction of sp³-hybridized carbons (Fsp3) is 0.200. The zero-order chi connectivity index (χ0) is 15.2. The molecule has 110 valence electrons. The van der Waals surface area contributed by atoms with Crippen molar-refractivity contribution >= 4 is 29.1 Å². The molecular weight excluding hydrogens is 308 g/mol. The minimum Gasteiger partial charge on any atom is -0.313 e. The van der Waals surface area contributed by atoms with Gasteiger partial charge in [0.25, 0.3) is 5.69 Å². The Bertz CT molecular complexity index is 632. The largest absolute Gasteiger partial charge is 0.313 e. The van der Waals surface area contributed by atoms with Gasteiger partial charge in [-0.3, -0.25) is 10.1 Å². The Morgan fingerprint density at radius 1 is 1.24 bits per heavy atom. The molecule has 0 fully saturated rings. The predicted molar refractivity (Wildman–Crippen MR) is 86.1 cm³/mol. The van der Waals surface area contributed by atoms with Crippen molar-refractivity contribution in [2.24, 2.45) is 0 Å². The fourth-order valence-electron chi connectivity index (χ4n) is 1.79. The van der Waals surface area contributed by atoms with Crippen LogP contribution in [0.2, 0.25) is 5.02 Å². The second-order valence-corrected chi connectivity index (χ2v) is 5.94. The van der Waals surface area contributed by atoms with Crippen LogP contribution >= 0.6 is 23.4 Å². The summed E-state index contributed by atoms with van der Waals surface area (Å²) < 4.78 is 0. The van der Waals surface area contributed by atoms with Crippen molar-refractivity contribution in [3.8, 4) is 0 Å². The third kappa shape index (κ3) is 4.46. The molecule has 0 amide bonds. The number of rotatable bonds is 6. The highest BCUT2D eigenvalue weighted by molar-refractivity contribution is 7.99. The Labute approximate surface area is 132 Å². The molecule has 0 aliphatic carbocycles. The lowest BCUT2D eigenvalue weighted by Crippen LogP contribution is -2.12. The van der Waals surface area contributed by atoms with E-state index in [2.05, 4.69) is 12.2 Å². The molecule has 0 saturated carbocycles. The summed E-state index contributed by atoms with van der Waals surface area (Å²) in [4.78, 5) is 12.3. The molecule has 0 aliphatic heterocycles. The van der Waals surface area contributed by atoms with E-state index in [0.29, 0.717) is 5.02 Å². The molecule has 0 aliphatic rings. The lowest BCUT2D eigenvalue weighted by molar-refractivity contribution is -0.384. The summed E-state index contributed by atoms with van der Waals surface area (Å²) in [6, 6.07) is 12.3. The monoisotopic (exact) mass is 322 g/mol. The number of non-ortho nitro benzene ring substituents is 1. The molecular formula is C15H15ClN2O2S. The maximum atomic E-state index is 10.7. The first-order valence-corrected chi connectivity index (χ1v) is 7.71. The molecule has 0 radical (unpaired) electrons. The van der Waals surface area contributed by atoms with Crippen molar-refractivity contribution < 1.29 is 4.92 Å². The number of nitrogens with zero attached hydrogens (tertiary/aromatic N) is 1. The average molecular weight is 323 g/mol. The third-order valence-corrected chi connectivity index (χ3v) is 4.21. The summed E-state index contributed by atoms with van der Waals surface area (Å²) in [6.45, 7) is 3.71. The van der Waals surface area contributed by atoms with Gasteiger partial charge in [0.15, 0.2) is 0 Å². The van der Waals surface area contributed by atoms with Gasteiger partial charge in [-0.1, -0.05) is 36.4 Å². The summed E-state index contributed by atoms with van der Waals surface area (Å²) in [5, 5.41) is 14.6. The zero-order valence-electron chi connectivity index (χ0n) is 11.5. The first-order chi connectivity index (χ1) is 10.1. The number of benzene rings is 2. The van der Waals surface area contributed by atoms with Crippen LogP contribution in [0.15, 0.2) is 52.3 Å². The van der Waals surface area contributed by atoms with Gasteiger partial charge in [0.1, 0.15) is 0 Å². The summed E-state index contributed by atoms with van der Waals surface area (Å²) in [5.74, 6) is 0. The van der Waals surface area contributed by atoms with Crippen molar-refractivity contribution in [1.82, 2.24) is 5.32 Å². The molecule has 0 bridgehead atoms. The van der Waals surface area contributed by atoms with Crippen molar-refractivity contribution in [1.29, 1.82) is 0 Å². The quantitative estimate of drug-likeness (QED) is 0.628. The van der Waals surface area contributed by atoms with Crippen molar-refractivity contribution in [2.75, 3.05) is 6.54 Å². The molecule has 0 atom stereocenters. The van der Waals surface area contributed by atoms with Gasteiger partial charge in [0.05, 0.1) is 4.92 Å². The number of halogens is 1. The molecule has 2 aromatic rings. The van der Waals surface area contributed by atoms with Crippen molar-refractivity contribution in [3.63, 3.8) is 0 Å². The molecule has 0 unspecified atom stereocenters. The number of hydrogen-bond donors (Lipinski definition) is 1. The van der Waals surface area contributed by atoms with Gasteiger partial charge in [0, 0.05) is 33.5 Å². The molecule has 0 heterocycles. The minimum atomic E-state index is -0.398. The Balaban J connectivity index is 2.21. The Morgan fingerprint density at radius 2 is 1.95 bits per heavy atom. The van der Waals surface area contributed by atoms with E-state index < -0.39 is 4.92 Å². The van der Waals surface area contributed by atoms with Crippen molar-refractivity contribution in [2.45, 2.75) is 23.3 Å². The normalized spacial score (nSPS) is 10.6. The standard InChI is InChI=1S/C15H15ClN2O2S/c1-2-17-10-11-3-4-12(16)9-15(11)21-14-7-5-13(6-8-14)18(19)20/h3-9,17H,2,10H2,1H3. The number of hydrogen-bond acceptors (Lipinski definition) is 4. The third-order valence-electron chi connectivity index (χ3n) is 2.87. The van der Waals surface area contributed by atoms with E-state index in [1.165, 1.54) is 12.1 Å². The van der Waals surface area contributed by atoms with Gasteiger partial charge in [-0.25, -0.2) is 0 Å².